The van der Waals surface area contributed by atoms with Gasteiger partial charge in [-0.15, -0.1) is 0 Å². The van der Waals surface area contributed by atoms with Crippen molar-refractivity contribution < 1.29 is 0 Å². The molecule has 2 heterocycles. The molecule has 0 radical (unpaired) electrons. The topological polar surface area (TPSA) is 75.0 Å². The summed E-state index contributed by atoms with van der Waals surface area (Å²) in [5.41, 5.74) is 7.75. The molecule has 18 heavy (non-hydrogen) atoms. The monoisotopic (exact) mass is 242 g/mol. The Morgan fingerprint density at radius 3 is 3.00 bits per heavy atom. The predicted octanol–water partition coefficient (Wildman–Crippen LogP) is 1.43. The van der Waals surface area contributed by atoms with Gasteiger partial charge in [0.2, 0.25) is 5.95 Å². The number of aromatic nitrogens is 2. The minimum atomic E-state index is -0.228. The molecule has 5 nitrogen and oxygen atoms in total. The number of hydrogen-bond acceptors (Lipinski definition) is 4. The molecule has 0 saturated carbocycles. The smallest absolute Gasteiger partial charge is 0.254 e. The summed E-state index contributed by atoms with van der Waals surface area (Å²) in [5.74, 6) is 0.753. The van der Waals surface area contributed by atoms with E-state index in [-0.39, 0.29) is 17.4 Å². The molecule has 0 spiro atoms. The molecule has 1 atom stereocenters. The lowest BCUT2D eigenvalue weighted by molar-refractivity contribution is 0.738. The van der Waals surface area contributed by atoms with Crippen molar-refractivity contribution in [3.8, 4) is 0 Å². The highest BCUT2D eigenvalue weighted by atomic mass is 16.1. The van der Waals surface area contributed by atoms with Crippen molar-refractivity contribution in [2.75, 3.05) is 10.6 Å². The highest BCUT2D eigenvalue weighted by Gasteiger charge is 2.28. The van der Waals surface area contributed by atoms with Crippen LogP contribution in [0.25, 0.3) is 0 Å². The minimum Gasteiger partial charge on any atom is -0.383 e. The molecule has 0 amide bonds. The van der Waals surface area contributed by atoms with Crippen LogP contribution in [0.5, 0.6) is 0 Å². The average Bonchev–Trinajstić information content (AvgIpc) is 2.63. The highest BCUT2D eigenvalue weighted by molar-refractivity contribution is 5.67. The van der Waals surface area contributed by atoms with E-state index in [2.05, 4.69) is 23.0 Å². The fraction of sp³-hybridized carbons (Fsp3) is 0.231. The van der Waals surface area contributed by atoms with Gasteiger partial charge < -0.3 is 10.6 Å². The molecular weight excluding hydrogens is 228 g/mol. The van der Waals surface area contributed by atoms with Crippen LogP contribution in [0.4, 0.5) is 17.5 Å². The summed E-state index contributed by atoms with van der Waals surface area (Å²) in [7, 11) is 0. The summed E-state index contributed by atoms with van der Waals surface area (Å²) >= 11 is 0. The number of aromatic amines is 1. The fourth-order valence-corrected chi connectivity index (χ4v) is 2.47. The second-order valence-electron chi connectivity index (χ2n) is 4.55. The zero-order valence-corrected chi connectivity index (χ0v) is 10.1. The van der Waals surface area contributed by atoms with Crippen LogP contribution in [0.3, 0.4) is 0 Å². The van der Waals surface area contributed by atoms with Crippen LogP contribution in [0.15, 0.2) is 35.1 Å². The standard InChI is InChI=1S/C13H14N4O/c1-8-6-9-4-2-3-5-10(9)17(8)13-15-11(14)7-12(18)16-13/h2-5,7-8H,6H2,1H3,(H3,14,15,16,18)/t8-/m1/s1. The van der Waals surface area contributed by atoms with Gasteiger partial charge in [0, 0.05) is 17.8 Å². The van der Waals surface area contributed by atoms with Gasteiger partial charge in [-0.05, 0) is 25.0 Å². The zero-order valence-electron chi connectivity index (χ0n) is 10.1. The van der Waals surface area contributed by atoms with Crippen LogP contribution in [0, 0.1) is 0 Å². The Bertz CT molecular complexity index is 649. The third-order valence-electron chi connectivity index (χ3n) is 3.18. The quantitative estimate of drug-likeness (QED) is 0.793. The molecule has 2 aromatic rings. The lowest BCUT2D eigenvalue weighted by Gasteiger charge is -2.23. The molecular formula is C13H14N4O. The van der Waals surface area contributed by atoms with Gasteiger partial charge in [0.25, 0.3) is 5.56 Å². The first-order valence-electron chi connectivity index (χ1n) is 5.89. The van der Waals surface area contributed by atoms with Crippen LogP contribution in [0.1, 0.15) is 12.5 Å². The van der Waals surface area contributed by atoms with Gasteiger partial charge in [0.15, 0.2) is 0 Å². The van der Waals surface area contributed by atoms with E-state index in [1.165, 1.54) is 11.6 Å². The number of para-hydroxylation sites is 1. The van der Waals surface area contributed by atoms with Gasteiger partial charge in [-0.2, -0.15) is 4.98 Å². The number of nitrogen functional groups attached to an aromatic ring is 1. The molecule has 0 aliphatic carbocycles. The van der Waals surface area contributed by atoms with Crippen LogP contribution in [-0.2, 0) is 6.42 Å². The van der Waals surface area contributed by atoms with Crippen LogP contribution in [-0.4, -0.2) is 16.0 Å². The van der Waals surface area contributed by atoms with Crippen LogP contribution < -0.4 is 16.2 Å². The number of fused-ring (bicyclic) bond motifs is 1. The number of nitrogens with zero attached hydrogens (tertiary/aromatic N) is 2. The number of nitrogens with two attached hydrogens (primary N) is 1. The Labute approximate surface area is 104 Å². The summed E-state index contributed by atoms with van der Waals surface area (Å²) in [5, 5.41) is 0. The third kappa shape index (κ3) is 1.64. The van der Waals surface area contributed by atoms with E-state index in [9.17, 15) is 4.79 Å². The van der Waals surface area contributed by atoms with Crippen molar-refractivity contribution in [1.82, 2.24) is 9.97 Å². The predicted molar refractivity (Wildman–Crippen MR) is 71.0 cm³/mol. The van der Waals surface area contributed by atoms with E-state index in [0.717, 1.165) is 12.1 Å². The van der Waals surface area contributed by atoms with Crippen molar-refractivity contribution in [3.63, 3.8) is 0 Å². The lowest BCUT2D eigenvalue weighted by atomic mass is 10.1. The molecule has 1 aliphatic rings. The largest absolute Gasteiger partial charge is 0.383 e. The van der Waals surface area contributed by atoms with E-state index < -0.39 is 0 Å². The third-order valence-corrected chi connectivity index (χ3v) is 3.18. The van der Waals surface area contributed by atoms with Crippen molar-refractivity contribution in [2.45, 2.75) is 19.4 Å². The summed E-state index contributed by atoms with van der Waals surface area (Å²) in [4.78, 5) is 20.5. The molecule has 5 heteroatoms. The lowest BCUT2D eigenvalue weighted by Crippen LogP contribution is -2.28. The van der Waals surface area contributed by atoms with Crippen LogP contribution >= 0.6 is 0 Å². The van der Waals surface area contributed by atoms with E-state index in [4.69, 9.17) is 5.73 Å². The summed E-state index contributed by atoms with van der Waals surface area (Å²) in [6.45, 7) is 2.10. The number of benzene rings is 1. The number of nitrogens with one attached hydrogen (secondary N) is 1. The first kappa shape index (κ1) is 10.8. The summed E-state index contributed by atoms with van der Waals surface area (Å²) in [6.07, 6.45) is 0.939. The minimum absolute atomic E-state index is 0.228. The van der Waals surface area contributed by atoms with Gasteiger partial charge in [-0.1, -0.05) is 18.2 Å². The Hall–Kier alpha value is -2.30. The Kier molecular flexibility index (Phi) is 2.33. The van der Waals surface area contributed by atoms with Gasteiger partial charge in [-0.25, -0.2) is 0 Å². The summed E-state index contributed by atoms with van der Waals surface area (Å²) in [6, 6.07) is 9.67. The molecule has 1 aromatic heterocycles. The van der Waals surface area contributed by atoms with E-state index in [1.54, 1.807) is 0 Å². The van der Waals surface area contributed by atoms with Gasteiger partial charge in [0.1, 0.15) is 5.82 Å². The Morgan fingerprint density at radius 1 is 1.44 bits per heavy atom. The summed E-state index contributed by atoms with van der Waals surface area (Å²) < 4.78 is 0. The van der Waals surface area contributed by atoms with Crippen molar-refractivity contribution >= 4 is 17.5 Å². The number of hydrogen-bond donors (Lipinski definition) is 2. The molecule has 1 aromatic carbocycles. The first-order chi connectivity index (χ1) is 8.65. The second-order valence-corrected chi connectivity index (χ2v) is 4.55. The van der Waals surface area contributed by atoms with Crippen molar-refractivity contribution in [3.05, 3.63) is 46.2 Å². The number of rotatable bonds is 1. The van der Waals surface area contributed by atoms with Crippen molar-refractivity contribution in [1.29, 1.82) is 0 Å². The fourth-order valence-electron chi connectivity index (χ4n) is 2.47. The average molecular weight is 242 g/mol. The van der Waals surface area contributed by atoms with Crippen molar-refractivity contribution in [2.24, 2.45) is 0 Å². The zero-order chi connectivity index (χ0) is 12.7. The molecule has 3 N–H and O–H groups in total. The maximum atomic E-state index is 11.5. The molecule has 0 unspecified atom stereocenters. The maximum Gasteiger partial charge on any atom is 0.254 e. The molecule has 1 aliphatic heterocycles. The van der Waals surface area contributed by atoms with Gasteiger partial charge in [-0.3, -0.25) is 9.78 Å². The van der Waals surface area contributed by atoms with E-state index >= 15 is 0 Å². The van der Waals surface area contributed by atoms with Gasteiger partial charge >= 0.3 is 0 Å². The number of H-pyrrole nitrogens is 1. The van der Waals surface area contributed by atoms with E-state index in [0.29, 0.717) is 5.95 Å². The Balaban J connectivity index is 2.14. The van der Waals surface area contributed by atoms with Gasteiger partial charge in [0.05, 0.1) is 0 Å². The SMILES string of the molecule is C[C@@H]1Cc2ccccc2N1c1nc(N)cc(=O)[nH]1. The molecule has 0 saturated heterocycles. The normalized spacial score (nSPS) is 17.8. The molecule has 0 bridgehead atoms. The first-order valence-corrected chi connectivity index (χ1v) is 5.89. The highest BCUT2D eigenvalue weighted by Crippen LogP contribution is 2.35. The molecule has 92 valence electrons. The Morgan fingerprint density at radius 2 is 2.22 bits per heavy atom. The van der Waals surface area contributed by atoms with E-state index in [1.807, 2.05) is 23.1 Å². The maximum absolute atomic E-state index is 11.5. The molecule has 0 fully saturated rings. The molecule has 3 rings (SSSR count). The number of anilines is 3. The second kappa shape index (κ2) is 3.87. The van der Waals surface area contributed by atoms with Crippen LogP contribution in [0.2, 0.25) is 0 Å².